The second-order valence-corrected chi connectivity index (χ2v) is 2.85. The van der Waals surface area contributed by atoms with Crippen molar-refractivity contribution in [2.75, 3.05) is 6.00 Å². The topological polar surface area (TPSA) is 29.1 Å². The lowest BCUT2D eigenvalue weighted by Gasteiger charge is -1.99. The summed E-state index contributed by atoms with van der Waals surface area (Å²) in [5, 5.41) is 3.07. The van der Waals surface area contributed by atoms with E-state index in [2.05, 4.69) is 5.32 Å². The van der Waals surface area contributed by atoms with Crippen molar-refractivity contribution >= 4 is 29.1 Å². The van der Waals surface area contributed by atoms with Crippen LogP contribution in [0, 0.1) is 0 Å². The molecule has 0 atom stereocenters. The molecule has 1 rings (SSSR count). The first-order chi connectivity index (χ1) is 5.74. The van der Waals surface area contributed by atoms with Crippen LogP contribution in [0.25, 0.3) is 0 Å². The molecule has 2 nitrogen and oxygen atoms in total. The van der Waals surface area contributed by atoms with Crippen LogP contribution in [0.3, 0.4) is 0 Å². The Morgan fingerprint density at radius 2 is 1.92 bits per heavy atom. The lowest BCUT2D eigenvalue weighted by atomic mass is 10.2. The molecule has 1 N–H and O–H groups in total. The van der Waals surface area contributed by atoms with Gasteiger partial charge >= 0.3 is 0 Å². The van der Waals surface area contributed by atoms with Gasteiger partial charge in [-0.2, -0.15) is 0 Å². The van der Waals surface area contributed by atoms with Crippen LogP contribution in [0.5, 0.6) is 0 Å². The summed E-state index contributed by atoms with van der Waals surface area (Å²) in [4.78, 5) is 11.1. The SMILES string of the molecule is O=C(NCCl)c1ccc(Cl)cc1. The van der Waals surface area contributed by atoms with Crippen molar-refractivity contribution in [2.45, 2.75) is 0 Å². The molecular weight excluding hydrogens is 197 g/mol. The average molecular weight is 204 g/mol. The number of hydrogen-bond acceptors (Lipinski definition) is 1. The van der Waals surface area contributed by atoms with Gasteiger partial charge in [-0.1, -0.05) is 11.6 Å². The monoisotopic (exact) mass is 203 g/mol. The van der Waals surface area contributed by atoms with Gasteiger partial charge in [0.2, 0.25) is 0 Å². The molecule has 0 aliphatic heterocycles. The molecule has 0 saturated heterocycles. The normalized spacial score (nSPS) is 9.50. The van der Waals surface area contributed by atoms with Crippen LogP contribution in [0.1, 0.15) is 10.4 Å². The van der Waals surface area contributed by atoms with Gasteiger partial charge in [0.25, 0.3) is 5.91 Å². The summed E-state index contributed by atoms with van der Waals surface area (Å²) in [5.41, 5.74) is 0.556. The Morgan fingerprint density at radius 3 is 2.42 bits per heavy atom. The van der Waals surface area contributed by atoms with E-state index in [9.17, 15) is 4.79 Å². The molecule has 0 unspecified atom stereocenters. The highest BCUT2D eigenvalue weighted by molar-refractivity contribution is 6.30. The molecule has 0 fully saturated rings. The van der Waals surface area contributed by atoms with Gasteiger partial charge in [-0.15, -0.1) is 11.6 Å². The van der Waals surface area contributed by atoms with Gasteiger partial charge in [0, 0.05) is 10.6 Å². The fraction of sp³-hybridized carbons (Fsp3) is 0.125. The molecule has 0 bridgehead atoms. The number of benzene rings is 1. The van der Waals surface area contributed by atoms with E-state index >= 15 is 0 Å². The summed E-state index contributed by atoms with van der Waals surface area (Å²) in [7, 11) is 0. The van der Waals surface area contributed by atoms with E-state index in [1.54, 1.807) is 24.3 Å². The average Bonchev–Trinajstić information content (AvgIpc) is 2.06. The number of rotatable bonds is 2. The minimum absolute atomic E-state index is 0.113. The number of halogens is 2. The third kappa shape index (κ3) is 2.40. The fourth-order valence-electron chi connectivity index (χ4n) is 0.764. The van der Waals surface area contributed by atoms with Gasteiger partial charge in [-0.05, 0) is 24.3 Å². The number of carbonyl (C=O) groups excluding carboxylic acids is 1. The highest BCUT2D eigenvalue weighted by atomic mass is 35.5. The molecule has 1 amide bonds. The van der Waals surface area contributed by atoms with E-state index in [-0.39, 0.29) is 11.9 Å². The molecule has 1 aromatic rings. The molecule has 0 saturated carbocycles. The number of carbonyl (C=O) groups is 1. The molecule has 1 aromatic carbocycles. The Hall–Kier alpha value is -0.730. The fourth-order valence-corrected chi connectivity index (χ4v) is 1.01. The number of alkyl halides is 1. The van der Waals surface area contributed by atoms with Gasteiger partial charge < -0.3 is 5.32 Å². The second kappa shape index (κ2) is 4.33. The third-order valence-corrected chi connectivity index (χ3v) is 1.72. The summed E-state index contributed by atoms with van der Waals surface area (Å²) in [6, 6.07) is 6.71. The van der Waals surface area contributed by atoms with Gasteiger partial charge in [0.1, 0.15) is 0 Å². The Bertz CT molecular complexity index is 271. The number of hydrogen-bond donors (Lipinski definition) is 1. The highest BCUT2D eigenvalue weighted by Gasteiger charge is 2.02. The molecule has 64 valence electrons. The van der Waals surface area contributed by atoms with E-state index in [0.717, 1.165) is 0 Å². The van der Waals surface area contributed by atoms with E-state index in [4.69, 9.17) is 23.2 Å². The Kier molecular flexibility index (Phi) is 3.38. The van der Waals surface area contributed by atoms with Crippen LogP contribution < -0.4 is 5.32 Å². The lowest BCUT2D eigenvalue weighted by molar-refractivity contribution is 0.0960. The van der Waals surface area contributed by atoms with E-state index in [1.807, 2.05) is 0 Å². The predicted molar refractivity (Wildman–Crippen MR) is 49.6 cm³/mol. The molecule has 0 aliphatic carbocycles. The molecule has 0 aromatic heterocycles. The van der Waals surface area contributed by atoms with Crippen molar-refractivity contribution in [3.8, 4) is 0 Å². The van der Waals surface area contributed by atoms with Crippen LogP contribution >= 0.6 is 23.2 Å². The van der Waals surface area contributed by atoms with Gasteiger partial charge in [-0.25, -0.2) is 0 Å². The van der Waals surface area contributed by atoms with Crippen molar-refractivity contribution in [3.05, 3.63) is 34.9 Å². The molecule has 0 heterocycles. The van der Waals surface area contributed by atoms with Gasteiger partial charge in [-0.3, -0.25) is 4.79 Å². The maximum atomic E-state index is 11.1. The minimum atomic E-state index is -0.193. The summed E-state index contributed by atoms with van der Waals surface area (Å²) in [5.74, 6) is -0.193. The van der Waals surface area contributed by atoms with Crippen molar-refractivity contribution in [2.24, 2.45) is 0 Å². The molecular formula is C8H7Cl2NO. The molecule has 0 radical (unpaired) electrons. The zero-order chi connectivity index (χ0) is 8.97. The Labute approximate surface area is 80.5 Å². The summed E-state index contributed by atoms with van der Waals surface area (Å²) in [6.07, 6.45) is 0. The quantitative estimate of drug-likeness (QED) is 0.581. The third-order valence-electron chi connectivity index (χ3n) is 1.33. The zero-order valence-electron chi connectivity index (χ0n) is 6.18. The first-order valence-electron chi connectivity index (χ1n) is 3.34. The van der Waals surface area contributed by atoms with Crippen molar-refractivity contribution in [1.29, 1.82) is 0 Å². The molecule has 0 aliphatic rings. The summed E-state index contributed by atoms with van der Waals surface area (Å²) >= 11 is 11.0. The maximum Gasteiger partial charge on any atom is 0.252 e. The molecule has 0 spiro atoms. The Morgan fingerprint density at radius 1 is 1.33 bits per heavy atom. The van der Waals surface area contributed by atoms with E-state index in [0.29, 0.717) is 10.6 Å². The maximum absolute atomic E-state index is 11.1. The smallest absolute Gasteiger partial charge is 0.252 e. The first kappa shape index (κ1) is 9.36. The zero-order valence-corrected chi connectivity index (χ0v) is 7.69. The second-order valence-electron chi connectivity index (χ2n) is 2.15. The Balaban J connectivity index is 2.75. The van der Waals surface area contributed by atoms with Gasteiger partial charge in [0.15, 0.2) is 0 Å². The highest BCUT2D eigenvalue weighted by Crippen LogP contribution is 2.09. The van der Waals surface area contributed by atoms with E-state index < -0.39 is 0 Å². The van der Waals surface area contributed by atoms with Crippen LogP contribution in [-0.2, 0) is 0 Å². The van der Waals surface area contributed by atoms with Crippen molar-refractivity contribution in [1.82, 2.24) is 5.32 Å². The molecule has 4 heteroatoms. The summed E-state index contributed by atoms with van der Waals surface area (Å²) < 4.78 is 0. The summed E-state index contributed by atoms with van der Waals surface area (Å²) in [6.45, 7) is 0. The predicted octanol–water partition coefficient (Wildman–Crippen LogP) is 2.27. The van der Waals surface area contributed by atoms with Gasteiger partial charge in [0.05, 0.1) is 6.00 Å². The van der Waals surface area contributed by atoms with Crippen LogP contribution in [0.15, 0.2) is 24.3 Å². The number of nitrogens with one attached hydrogen (secondary N) is 1. The number of amides is 1. The van der Waals surface area contributed by atoms with Crippen LogP contribution in [0.4, 0.5) is 0 Å². The van der Waals surface area contributed by atoms with Crippen LogP contribution in [0.2, 0.25) is 5.02 Å². The largest absolute Gasteiger partial charge is 0.339 e. The minimum Gasteiger partial charge on any atom is -0.339 e. The molecule has 12 heavy (non-hydrogen) atoms. The first-order valence-corrected chi connectivity index (χ1v) is 4.25. The lowest BCUT2D eigenvalue weighted by Crippen LogP contribution is -2.21. The van der Waals surface area contributed by atoms with E-state index in [1.165, 1.54) is 0 Å². The van der Waals surface area contributed by atoms with Crippen molar-refractivity contribution < 1.29 is 4.79 Å². The van der Waals surface area contributed by atoms with Crippen LogP contribution in [-0.4, -0.2) is 11.9 Å². The van der Waals surface area contributed by atoms with Crippen molar-refractivity contribution in [3.63, 3.8) is 0 Å². The standard InChI is InChI=1S/C8H7Cl2NO/c9-5-11-8(12)6-1-3-7(10)4-2-6/h1-4H,5H2,(H,11,12).